The molecule has 1 heterocycles. The van der Waals surface area contributed by atoms with E-state index in [2.05, 4.69) is 13.8 Å². The molecule has 1 saturated heterocycles. The summed E-state index contributed by atoms with van der Waals surface area (Å²) in [5.74, 6) is -0.853. The van der Waals surface area contributed by atoms with E-state index >= 15 is 0 Å². The van der Waals surface area contributed by atoms with E-state index in [1.807, 2.05) is 6.92 Å². The molecule has 1 rings (SSSR count). The Labute approximate surface area is 108 Å². The highest BCUT2D eigenvalue weighted by atomic mass is 16.5. The highest BCUT2D eigenvalue weighted by Gasteiger charge is 2.36. The van der Waals surface area contributed by atoms with Crippen molar-refractivity contribution in [2.24, 2.45) is 11.8 Å². The van der Waals surface area contributed by atoms with E-state index in [1.165, 1.54) is 4.90 Å². The maximum Gasteiger partial charge on any atom is 0.328 e. The first kappa shape index (κ1) is 15.0. The summed E-state index contributed by atoms with van der Waals surface area (Å²) in [6.45, 7) is 6.91. The third kappa shape index (κ3) is 3.22. The summed E-state index contributed by atoms with van der Waals surface area (Å²) in [6.07, 6.45) is 1.87. The maximum atomic E-state index is 12.4. The van der Waals surface area contributed by atoms with Crippen LogP contribution in [0.2, 0.25) is 0 Å². The molecule has 0 bridgehead atoms. The fraction of sp³-hybridized carbons (Fsp3) is 0.846. The Morgan fingerprint density at radius 3 is 2.50 bits per heavy atom. The minimum Gasteiger partial charge on any atom is -0.480 e. The molecule has 2 atom stereocenters. The molecule has 1 fully saturated rings. The van der Waals surface area contributed by atoms with Gasteiger partial charge in [-0.3, -0.25) is 4.79 Å². The molecule has 0 aromatic heterocycles. The molecule has 5 heteroatoms. The van der Waals surface area contributed by atoms with Gasteiger partial charge in [0.1, 0.15) is 0 Å². The second-order valence-electron chi connectivity index (χ2n) is 4.83. The van der Waals surface area contributed by atoms with Gasteiger partial charge in [0.25, 0.3) is 0 Å². The predicted octanol–water partition coefficient (Wildman–Crippen LogP) is 1.37. The van der Waals surface area contributed by atoms with Crippen molar-refractivity contribution in [1.82, 2.24) is 4.90 Å². The molecule has 1 N–H and O–H groups in total. The van der Waals surface area contributed by atoms with Crippen molar-refractivity contribution in [2.75, 3.05) is 19.8 Å². The lowest BCUT2D eigenvalue weighted by atomic mass is 9.88. The number of rotatable bonds is 5. The molecule has 0 saturated carbocycles. The van der Waals surface area contributed by atoms with Gasteiger partial charge in [-0.1, -0.05) is 33.6 Å². The molecule has 1 aliphatic heterocycles. The van der Waals surface area contributed by atoms with E-state index in [1.54, 1.807) is 0 Å². The van der Waals surface area contributed by atoms with E-state index in [4.69, 9.17) is 9.84 Å². The lowest BCUT2D eigenvalue weighted by molar-refractivity contribution is -0.160. The second-order valence-corrected chi connectivity index (χ2v) is 4.83. The quantitative estimate of drug-likeness (QED) is 0.807. The third-order valence-electron chi connectivity index (χ3n) is 3.84. The van der Waals surface area contributed by atoms with Crippen LogP contribution in [0.3, 0.4) is 0 Å². The zero-order valence-electron chi connectivity index (χ0n) is 11.4. The van der Waals surface area contributed by atoms with Gasteiger partial charge < -0.3 is 14.7 Å². The molecule has 1 amide bonds. The third-order valence-corrected chi connectivity index (χ3v) is 3.84. The van der Waals surface area contributed by atoms with Crippen LogP contribution in [0, 0.1) is 11.8 Å². The zero-order chi connectivity index (χ0) is 13.7. The maximum absolute atomic E-state index is 12.4. The van der Waals surface area contributed by atoms with Gasteiger partial charge in [-0.15, -0.1) is 0 Å². The lowest BCUT2D eigenvalue weighted by Crippen LogP contribution is -2.54. The van der Waals surface area contributed by atoms with Crippen LogP contribution in [0.25, 0.3) is 0 Å². The Hall–Kier alpha value is -1.10. The van der Waals surface area contributed by atoms with Crippen molar-refractivity contribution < 1.29 is 19.4 Å². The highest BCUT2D eigenvalue weighted by molar-refractivity contribution is 5.85. The van der Waals surface area contributed by atoms with E-state index < -0.39 is 12.0 Å². The van der Waals surface area contributed by atoms with Crippen LogP contribution >= 0.6 is 0 Å². The van der Waals surface area contributed by atoms with Gasteiger partial charge in [0.15, 0.2) is 6.04 Å². The number of amides is 1. The number of hydrogen-bond acceptors (Lipinski definition) is 3. The van der Waals surface area contributed by atoms with Crippen LogP contribution in [0.4, 0.5) is 0 Å². The van der Waals surface area contributed by atoms with E-state index in [-0.39, 0.29) is 18.4 Å². The molecule has 2 unspecified atom stereocenters. The number of carbonyl (C=O) groups is 2. The molecule has 0 spiro atoms. The lowest BCUT2D eigenvalue weighted by Gasteiger charge is -2.36. The smallest absolute Gasteiger partial charge is 0.328 e. The summed E-state index contributed by atoms with van der Waals surface area (Å²) >= 11 is 0. The molecular weight excluding hydrogens is 234 g/mol. The van der Waals surface area contributed by atoms with Gasteiger partial charge in [-0.2, -0.15) is 0 Å². The van der Waals surface area contributed by atoms with Crippen LogP contribution in [0.1, 0.15) is 33.6 Å². The monoisotopic (exact) mass is 257 g/mol. The number of hydrogen-bond donors (Lipinski definition) is 1. The number of ether oxygens (including phenoxy) is 1. The molecule has 0 aromatic rings. The van der Waals surface area contributed by atoms with Crippen LogP contribution < -0.4 is 0 Å². The molecule has 0 radical (unpaired) electrons. The van der Waals surface area contributed by atoms with Gasteiger partial charge in [0.05, 0.1) is 13.2 Å². The zero-order valence-corrected chi connectivity index (χ0v) is 11.4. The summed E-state index contributed by atoms with van der Waals surface area (Å²) in [6, 6.07) is -0.830. The number of carboxylic acids is 1. The largest absolute Gasteiger partial charge is 0.480 e. The highest BCUT2D eigenvalue weighted by Crippen LogP contribution is 2.23. The summed E-state index contributed by atoms with van der Waals surface area (Å²) in [5, 5.41) is 9.12. The Morgan fingerprint density at radius 1 is 1.39 bits per heavy atom. The Morgan fingerprint density at radius 2 is 2.00 bits per heavy atom. The normalized spacial score (nSPS) is 22.0. The van der Waals surface area contributed by atoms with Crippen LogP contribution in [0.5, 0.6) is 0 Å². The van der Waals surface area contributed by atoms with Crippen LogP contribution in [0.15, 0.2) is 0 Å². The van der Waals surface area contributed by atoms with Gasteiger partial charge in [-0.05, 0) is 5.92 Å². The Bertz CT molecular complexity index is 301. The van der Waals surface area contributed by atoms with Crippen molar-refractivity contribution in [3.05, 3.63) is 0 Å². The summed E-state index contributed by atoms with van der Waals surface area (Å²) in [7, 11) is 0. The fourth-order valence-corrected chi connectivity index (χ4v) is 2.53. The summed E-state index contributed by atoms with van der Waals surface area (Å²) in [5.41, 5.74) is 0. The fourth-order valence-electron chi connectivity index (χ4n) is 2.53. The first-order valence-corrected chi connectivity index (χ1v) is 6.63. The first-order chi connectivity index (χ1) is 8.52. The van der Waals surface area contributed by atoms with Gasteiger partial charge in [0.2, 0.25) is 5.91 Å². The number of carboxylic acid groups (broad SMARTS) is 1. The van der Waals surface area contributed by atoms with Crippen molar-refractivity contribution >= 4 is 11.9 Å². The summed E-state index contributed by atoms with van der Waals surface area (Å²) < 4.78 is 5.14. The van der Waals surface area contributed by atoms with E-state index in [0.29, 0.717) is 19.1 Å². The van der Waals surface area contributed by atoms with Crippen molar-refractivity contribution in [2.45, 2.75) is 39.7 Å². The van der Waals surface area contributed by atoms with Gasteiger partial charge in [0, 0.05) is 12.5 Å². The second kappa shape index (κ2) is 6.73. The van der Waals surface area contributed by atoms with Gasteiger partial charge >= 0.3 is 5.97 Å². The topological polar surface area (TPSA) is 66.8 Å². The molecule has 18 heavy (non-hydrogen) atoms. The Kier molecular flexibility index (Phi) is 5.59. The first-order valence-electron chi connectivity index (χ1n) is 6.63. The summed E-state index contributed by atoms with van der Waals surface area (Å²) in [4.78, 5) is 25.0. The minimum atomic E-state index is -0.986. The molecular formula is C13H23NO4. The van der Waals surface area contributed by atoms with Crippen molar-refractivity contribution in [3.8, 4) is 0 Å². The van der Waals surface area contributed by atoms with E-state index in [9.17, 15) is 9.59 Å². The Balaban J connectivity index is 2.76. The number of nitrogens with zero attached hydrogens (tertiary/aromatic N) is 1. The van der Waals surface area contributed by atoms with Crippen LogP contribution in [-0.4, -0.2) is 47.7 Å². The molecule has 104 valence electrons. The molecule has 5 nitrogen and oxygen atoms in total. The molecule has 0 aromatic carbocycles. The number of morpholine rings is 1. The molecule has 1 aliphatic rings. The van der Waals surface area contributed by atoms with Crippen LogP contribution in [-0.2, 0) is 14.3 Å². The van der Waals surface area contributed by atoms with Crippen molar-refractivity contribution in [1.29, 1.82) is 0 Å². The average Bonchev–Trinajstić information content (AvgIpc) is 2.39. The standard InChI is InChI=1S/C13H23NO4/c1-4-10(5-2)9(3)12(15)14-6-7-18-8-11(14)13(16)17/h9-11H,4-8H2,1-3H3,(H,16,17). The SMILES string of the molecule is CCC(CC)C(C)C(=O)N1CCOCC1C(=O)O. The molecule has 0 aliphatic carbocycles. The minimum absolute atomic E-state index is 0.0561. The number of carbonyl (C=O) groups excluding carboxylic acids is 1. The average molecular weight is 257 g/mol. The predicted molar refractivity (Wildman–Crippen MR) is 67.2 cm³/mol. The van der Waals surface area contributed by atoms with Gasteiger partial charge in [-0.25, -0.2) is 4.79 Å². The number of aliphatic carboxylic acids is 1. The van der Waals surface area contributed by atoms with Crippen molar-refractivity contribution in [3.63, 3.8) is 0 Å². The van der Waals surface area contributed by atoms with E-state index in [0.717, 1.165) is 12.8 Å².